The maximum absolute atomic E-state index is 12.4. The van der Waals surface area contributed by atoms with E-state index in [2.05, 4.69) is 10.2 Å². The van der Waals surface area contributed by atoms with Crippen LogP contribution in [-0.4, -0.2) is 71.8 Å². The molecule has 2 aromatic carbocycles. The summed E-state index contributed by atoms with van der Waals surface area (Å²) in [7, 11) is 0. The number of carbonyl (C=O) groups excluding carboxylic acids is 2. The van der Waals surface area contributed by atoms with Crippen LogP contribution in [0.5, 0.6) is 0 Å². The average Bonchev–Trinajstić information content (AvgIpc) is 3.50. The zero-order valence-electron chi connectivity index (χ0n) is 24.5. The molecule has 3 aliphatic rings. The number of benzene rings is 2. The maximum Gasteiger partial charge on any atom is 0.243 e. The Hall–Kier alpha value is -2.90. The molecule has 4 N–H and O–H groups in total. The molecule has 3 aliphatic heterocycles. The normalized spacial score (nSPS) is 23.7. The van der Waals surface area contributed by atoms with Gasteiger partial charge in [-0.2, -0.15) is 0 Å². The molecule has 0 saturated carbocycles. The third-order valence-corrected chi connectivity index (χ3v) is 8.41. The van der Waals surface area contributed by atoms with E-state index in [1.807, 2.05) is 48.5 Å². The van der Waals surface area contributed by atoms with Gasteiger partial charge in [0.15, 0.2) is 12.1 Å². The van der Waals surface area contributed by atoms with Crippen molar-refractivity contribution < 1.29 is 38.9 Å². The second-order valence-electron chi connectivity index (χ2n) is 11.5. The van der Waals surface area contributed by atoms with Gasteiger partial charge in [0.1, 0.15) is 0 Å². The number of nitrogens with one attached hydrogen (secondary N) is 2. The van der Waals surface area contributed by atoms with Crippen molar-refractivity contribution in [2.24, 2.45) is 0 Å². The standard InChI is InChI=1S/C32H43N3O8/c36-22-23-6-8-24(9-7-23)28-20-27(21-35-16-14-32(15-17-35)40-18-19-41-32)42-31(43-28)25-10-12-26(13-11-25)33-29(37)4-2-1-3-5-30(38)34-39/h6-13,27-28,31,36,39H,1-5,14-22H2,(H,33,37)(H,34,38)/t27-,28+,31+/m1/s1. The Morgan fingerprint density at radius 3 is 2.16 bits per heavy atom. The zero-order valence-corrected chi connectivity index (χ0v) is 24.5. The number of piperidine rings is 1. The van der Waals surface area contributed by atoms with Gasteiger partial charge in [0, 0.05) is 63.0 Å². The van der Waals surface area contributed by atoms with E-state index in [9.17, 15) is 14.7 Å². The molecule has 0 aromatic heterocycles. The second kappa shape index (κ2) is 15.2. The smallest absolute Gasteiger partial charge is 0.243 e. The zero-order chi connectivity index (χ0) is 30.1. The number of amides is 2. The molecule has 3 fully saturated rings. The van der Waals surface area contributed by atoms with Crippen LogP contribution in [0.3, 0.4) is 0 Å². The average molecular weight is 598 g/mol. The van der Waals surface area contributed by atoms with Crippen molar-refractivity contribution in [3.05, 3.63) is 65.2 Å². The maximum atomic E-state index is 12.4. The quantitative estimate of drug-likeness (QED) is 0.163. The summed E-state index contributed by atoms with van der Waals surface area (Å²) in [6, 6.07) is 15.4. The molecule has 3 heterocycles. The predicted molar refractivity (Wildman–Crippen MR) is 157 cm³/mol. The van der Waals surface area contributed by atoms with E-state index in [1.54, 1.807) is 5.48 Å². The highest BCUT2D eigenvalue weighted by Gasteiger charge is 2.41. The van der Waals surface area contributed by atoms with Crippen molar-refractivity contribution in [1.82, 2.24) is 10.4 Å². The van der Waals surface area contributed by atoms with Crippen molar-refractivity contribution in [3.8, 4) is 0 Å². The number of aliphatic hydroxyl groups is 1. The molecule has 11 heteroatoms. The van der Waals surface area contributed by atoms with Gasteiger partial charge in [0.2, 0.25) is 11.8 Å². The van der Waals surface area contributed by atoms with Gasteiger partial charge >= 0.3 is 0 Å². The summed E-state index contributed by atoms with van der Waals surface area (Å²) in [6.45, 7) is 3.87. The molecule has 0 radical (unpaired) electrons. The van der Waals surface area contributed by atoms with Gasteiger partial charge in [-0.3, -0.25) is 14.8 Å². The van der Waals surface area contributed by atoms with E-state index in [-0.39, 0.29) is 31.1 Å². The minimum atomic E-state index is -0.570. The molecule has 0 unspecified atom stereocenters. The number of likely N-dealkylation sites (tertiary alicyclic amines) is 1. The van der Waals surface area contributed by atoms with Gasteiger partial charge in [0.25, 0.3) is 0 Å². The number of nitrogens with zero attached hydrogens (tertiary/aromatic N) is 1. The molecule has 0 aliphatic carbocycles. The molecule has 234 valence electrons. The van der Waals surface area contributed by atoms with Crippen LogP contribution in [0.1, 0.15) is 80.5 Å². The first-order valence-electron chi connectivity index (χ1n) is 15.3. The second-order valence-corrected chi connectivity index (χ2v) is 11.5. The Balaban J connectivity index is 1.18. The lowest BCUT2D eigenvalue weighted by Crippen LogP contribution is -2.48. The number of hydrogen-bond acceptors (Lipinski definition) is 9. The van der Waals surface area contributed by atoms with Crippen LogP contribution in [0, 0.1) is 0 Å². The van der Waals surface area contributed by atoms with E-state index in [0.29, 0.717) is 44.6 Å². The summed E-state index contributed by atoms with van der Waals surface area (Å²) in [5.74, 6) is -0.920. The van der Waals surface area contributed by atoms with Crippen LogP contribution in [-0.2, 0) is 35.1 Å². The highest BCUT2D eigenvalue weighted by atomic mass is 16.7. The predicted octanol–water partition coefficient (Wildman–Crippen LogP) is 3.96. The van der Waals surface area contributed by atoms with Crippen LogP contribution in [0.4, 0.5) is 5.69 Å². The van der Waals surface area contributed by atoms with Crippen molar-refractivity contribution in [3.63, 3.8) is 0 Å². The molecule has 1 spiro atoms. The van der Waals surface area contributed by atoms with Gasteiger partial charge < -0.3 is 34.3 Å². The Morgan fingerprint density at radius 1 is 0.860 bits per heavy atom. The van der Waals surface area contributed by atoms with Gasteiger partial charge in [-0.25, -0.2) is 5.48 Å². The fourth-order valence-electron chi connectivity index (χ4n) is 5.93. The summed E-state index contributed by atoms with van der Waals surface area (Å²) < 4.78 is 24.8. The molecule has 0 bridgehead atoms. The molecule has 43 heavy (non-hydrogen) atoms. The number of anilines is 1. The van der Waals surface area contributed by atoms with E-state index >= 15 is 0 Å². The molecule has 11 nitrogen and oxygen atoms in total. The molecule has 3 saturated heterocycles. The third-order valence-electron chi connectivity index (χ3n) is 8.41. The Bertz CT molecular complexity index is 1180. The lowest BCUT2D eigenvalue weighted by Gasteiger charge is -2.41. The summed E-state index contributed by atoms with van der Waals surface area (Å²) in [4.78, 5) is 25.9. The molecular formula is C32H43N3O8. The molecule has 3 atom stereocenters. The number of hydroxylamine groups is 1. The number of rotatable bonds is 12. The molecule has 2 amide bonds. The summed E-state index contributed by atoms with van der Waals surface area (Å²) in [5, 5.41) is 20.9. The number of hydrogen-bond donors (Lipinski definition) is 4. The Morgan fingerprint density at radius 2 is 1.51 bits per heavy atom. The van der Waals surface area contributed by atoms with Crippen LogP contribution in [0.15, 0.2) is 48.5 Å². The molecule has 2 aromatic rings. The number of aliphatic hydroxyl groups excluding tert-OH is 1. The fraction of sp³-hybridized carbons (Fsp3) is 0.562. The lowest BCUT2D eigenvalue weighted by molar-refractivity contribution is -0.255. The highest BCUT2D eigenvalue weighted by molar-refractivity contribution is 5.90. The van der Waals surface area contributed by atoms with Crippen LogP contribution in [0.2, 0.25) is 0 Å². The Kier molecular flexibility index (Phi) is 11.1. The largest absolute Gasteiger partial charge is 0.392 e. The van der Waals surface area contributed by atoms with E-state index in [1.165, 1.54) is 0 Å². The number of carbonyl (C=O) groups is 2. The molecular weight excluding hydrogens is 554 g/mol. The fourth-order valence-corrected chi connectivity index (χ4v) is 5.93. The van der Waals surface area contributed by atoms with Crippen LogP contribution in [0.25, 0.3) is 0 Å². The van der Waals surface area contributed by atoms with Gasteiger partial charge in [-0.1, -0.05) is 42.8 Å². The summed E-state index contributed by atoms with van der Waals surface area (Å²) in [6.07, 6.45) is 4.20. The van der Waals surface area contributed by atoms with Crippen molar-refractivity contribution >= 4 is 17.5 Å². The first-order chi connectivity index (χ1) is 20.9. The minimum absolute atomic E-state index is 0.00369. The first kappa shape index (κ1) is 31.5. The molecule has 5 rings (SSSR count). The number of unbranched alkanes of at least 4 members (excludes halogenated alkanes) is 2. The monoisotopic (exact) mass is 597 g/mol. The first-order valence-corrected chi connectivity index (χ1v) is 15.3. The van der Waals surface area contributed by atoms with Gasteiger partial charge in [-0.05, 0) is 36.1 Å². The minimum Gasteiger partial charge on any atom is -0.392 e. The van der Waals surface area contributed by atoms with Crippen LogP contribution < -0.4 is 10.8 Å². The van der Waals surface area contributed by atoms with Gasteiger partial charge in [-0.15, -0.1) is 0 Å². The summed E-state index contributed by atoms with van der Waals surface area (Å²) >= 11 is 0. The van der Waals surface area contributed by atoms with Gasteiger partial charge in [0.05, 0.1) is 32.0 Å². The topological polar surface area (TPSA) is 139 Å². The van der Waals surface area contributed by atoms with E-state index in [4.69, 9.17) is 24.2 Å². The summed E-state index contributed by atoms with van der Waals surface area (Å²) in [5.41, 5.74) is 5.07. The van der Waals surface area contributed by atoms with E-state index < -0.39 is 18.0 Å². The third kappa shape index (κ3) is 8.82. The van der Waals surface area contributed by atoms with Crippen molar-refractivity contribution in [2.45, 2.75) is 82.3 Å². The Labute approximate surface area is 252 Å². The van der Waals surface area contributed by atoms with Crippen molar-refractivity contribution in [2.75, 3.05) is 38.2 Å². The van der Waals surface area contributed by atoms with E-state index in [0.717, 1.165) is 55.6 Å². The van der Waals surface area contributed by atoms with Crippen molar-refractivity contribution in [1.29, 1.82) is 0 Å². The SMILES string of the molecule is O=C(CCCCCC(=O)Nc1ccc([C@H]2O[C@@H](CN3CCC4(CC3)OCCO4)C[C@@H](c3ccc(CO)cc3)O2)cc1)NO. The van der Waals surface area contributed by atoms with Crippen LogP contribution >= 0.6 is 0 Å². The highest BCUT2D eigenvalue weighted by Crippen LogP contribution is 2.39. The number of ether oxygens (including phenoxy) is 4. The lowest BCUT2D eigenvalue weighted by atomic mass is 9.98.